The second-order valence-corrected chi connectivity index (χ2v) is 4.18. The summed E-state index contributed by atoms with van der Waals surface area (Å²) in [6.45, 7) is 1.60. The number of benzene rings is 1. The highest BCUT2D eigenvalue weighted by atomic mass is 79.9. The summed E-state index contributed by atoms with van der Waals surface area (Å²) in [6.07, 6.45) is -0.138. The zero-order chi connectivity index (χ0) is 10.3. The lowest BCUT2D eigenvalue weighted by atomic mass is 10.3. The molecule has 1 saturated heterocycles. The molecule has 4 nitrogen and oxygen atoms in total. The Morgan fingerprint density at radius 2 is 2.33 bits per heavy atom. The number of hydrogen-bond donors (Lipinski definition) is 1. The van der Waals surface area contributed by atoms with Crippen LogP contribution in [-0.2, 0) is 4.74 Å². The summed E-state index contributed by atoms with van der Waals surface area (Å²) >= 11 is 3.45. The third kappa shape index (κ3) is 1.47. The first-order valence-corrected chi connectivity index (χ1v) is 5.63. The number of ether oxygens (including phenoxy) is 1. The molecule has 15 heavy (non-hydrogen) atoms. The Kier molecular flexibility index (Phi) is 2.23. The van der Waals surface area contributed by atoms with Crippen molar-refractivity contribution in [3.05, 3.63) is 28.9 Å². The van der Waals surface area contributed by atoms with Crippen molar-refractivity contribution in [2.75, 3.05) is 13.2 Å². The summed E-state index contributed by atoms with van der Waals surface area (Å²) in [6, 6.07) is 8.08. The van der Waals surface area contributed by atoms with E-state index in [9.17, 15) is 0 Å². The number of para-hydroxylation sites is 1. The Balaban J connectivity index is 2.17. The molecule has 5 heteroatoms. The van der Waals surface area contributed by atoms with Crippen molar-refractivity contribution in [3.8, 4) is 0 Å². The van der Waals surface area contributed by atoms with Crippen molar-refractivity contribution in [1.82, 2.24) is 15.1 Å². The molecule has 1 unspecified atom stereocenters. The summed E-state index contributed by atoms with van der Waals surface area (Å²) in [5, 5.41) is 8.76. The summed E-state index contributed by atoms with van der Waals surface area (Å²) in [5.74, 6) is 0. The number of hydrogen-bond acceptors (Lipinski definition) is 3. The van der Waals surface area contributed by atoms with Crippen LogP contribution in [0.3, 0.4) is 0 Å². The van der Waals surface area contributed by atoms with Gasteiger partial charge in [-0.05, 0) is 22.0 Å². The van der Waals surface area contributed by atoms with E-state index < -0.39 is 0 Å². The van der Waals surface area contributed by atoms with Gasteiger partial charge in [-0.25, -0.2) is 4.68 Å². The molecule has 0 saturated carbocycles. The molecular weight excluding hydrogens is 258 g/mol. The molecule has 0 amide bonds. The lowest BCUT2D eigenvalue weighted by Gasteiger charge is -2.10. The molecule has 0 aliphatic carbocycles. The van der Waals surface area contributed by atoms with Gasteiger partial charge in [-0.1, -0.05) is 18.2 Å². The van der Waals surface area contributed by atoms with Gasteiger partial charge in [0.15, 0.2) is 0 Å². The van der Waals surface area contributed by atoms with Gasteiger partial charge in [-0.15, -0.1) is 0 Å². The van der Waals surface area contributed by atoms with E-state index in [2.05, 4.69) is 26.3 Å². The Labute approximate surface area is 95.3 Å². The van der Waals surface area contributed by atoms with Crippen LogP contribution in [-0.4, -0.2) is 22.9 Å². The average Bonchev–Trinajstić information content (AvgIpc) is 2.87. The van der Waals surface area contributed by atoms with Gasteiger partial charge in [0.1, 0.15) is 4.60 Å². The Bertz CT molecular complexity index is 490. The molecule has 1 atom stereocenters. The normalized spacial score (nSPS) is 21.3. The third-order valence-electron chi connectivity index (χ3n) is 2.49. The lowest BCUT2D eigenvalue weighted by Crippen LogP contribution is -2.21. The first kappa shape index (κ1) is 9.33. The molecule has 2 heterocycles. The van der Waals surface area contributed by atoms with Crippen molar-refractivity contribution in [2.24, 2.45) is 0 Å². The molecule has 1 aromatic heterocycles. The van der Waals surface area contributed by atoms with Gasteiger partial charge in [0, 0.05) is 11.9 Å². The van der Waals surface area contributed by atoms with E-state index in [0.717, 1.165) is 28.7 Å². The fourth-order valence-electron chi connectivity index (χ4n) is 1.80. The maximum Gasteiger partial charge on any atom is 0.206 e. The Morgan fingerprint density at radius 1 is 1.47 bits per heavy atom. The van der Waals surface area contributed by atoms with Crippen molar-refractivity contribution in [2.45, 2.75) is 6.35 Å². The molecule has 1 aliphatic heterocycles. The van der Waals surface area contributed by atoms with Crippen molar-refractivity contribution < 1.29 is 4.74 Å². The van der Waals surface area contributed by atoms with Crippen LogP contribution < -0.4 is 5.32 Å². The van der Waals surface area contributed by atoms with Crippen LogP contribution in [0.15, 0.2) is 28.9 Å². The van der Waals surface area contributed by atoms with Crippen molar-refractivity contribution in [3.63, 3.8) is 0 Å². The molecule has 1 fully saturated rings. The van der Waals surface area contributed by atoms with E-state index in [1.807, 2.05) is 28.9 Å². The Hall–Kier alpha value is -0.910. The van der Waals surface area contributed by atoms with Crippen LogP contribution in [0, 0.1) is 0 Å². The van der Waals surface area contributed by atoms with E-state index in [4.69, 9.17) is 4.74 Å². The van der Waals surface area contributed by atoms with E-state index in [1.165, 1.54) is 0 Å². The standard InChI is InChI=1S/C10H10BrN3O/c11-9-7-3-1-2-4-8(7)14(13-9)10-12-5-6-15-10/h1-4,10,12H,5-6H2. The van der Waals surface area contributed by atoms with Gasteiger partial charge < -0.3 is 4.74 Å². The summed E-state index contributed by atoms with van der Waals surface area (Å²) in [4.78, 5) is 0. The number of aromatic nitrogens is 2. The molecule has 0 bridgehead atoms. The second kappa shape index (κ2) is 3.59. The molecule has 1 aromatic carbocycles. The molecule has 2 aromatic rings. The van der Waals surface area contributed by atoms with E-state index in [1.54, 1.807) is 0 Å². The van der Waals surface area contributed by atoms with Gasteiger partial charge in [-0.3, -0.25) is 5.32 Å². The lowest BCUT2D eigenvalue weighted by molar-refractivity contribution is 0.0377. The Morgan fingerprint density at radius 3 is 3.13 bits per heavy atom. The van der Waals surface area contributed by atoms with Gasteiger partial charge in [0.25, 0.3) is 0 Å². The zero-order valence-electron chi connectivity index (χ0n) is 7.98. The predicted octanol–water partition coefficient (Wildman–Crippen LogP) is 1.87. The number of nitrogens with one attached hydrogen (secondary N) is 1. The quantitative estimate of drug-likeness (QED) is 0.858. The number of halogens is 1. The molecule has 1 N–H and O–H groups in total. The second-order valence-electron chi connectivity index (χ2n) is 3.43. The first-order valence-electron chi connectivity index (χ1n) is 4.84. The molecule has 0 radical (unpaired) electrons. The minimum Gasteiger partial charge on any atom is -0.342 e. The zero-order valence-corrected chi connectivity index (χ0v) is 9.57. The monoisotopic (exact) mass is 267 g/mol. The van der Waals surface area contributed by atoms with E-state index in [-0.39, 0.29) is 6.35 Å². The van der Waals surface area contributed by atoms with Crippen LogP contribution in [0.5, 0.6) is 0 Å². The van der Waals surface area contributed by atoms with Crippen molar-refractivity contribution in [1.29, 1.82) is 0 Å². The maximum atomic E-state index is 5.53. The SMILES string of the molecule is Brc1nn(C2NCCO2)c2ccccc12. The summed E-state index contributed by atoms with van der Waals surface area (Å²) in [7, 11) is 0. The van der Waals surface area contributed by atoms with Crippen LogP contribution >= 0.6 is 15.9 Å². The topological polar surface area (TPSA) is 39.1 Å². The molecular formula is C10H10BrN3O. The maximum absolute atomic E-state index is 5.53. The number of rotatable bonds is 1. The minimum absolute atomic E-state index is 0.138. The molecule has 1 aliphatic rings. The van der Waals surface area contributed by atoms with Gasteiger partial charge >= 0.3 is 0 Å². The van der Waals surface area contributed by atoms with Crippen LogP contribution in [0.2, 0.25) is 0 Å². The molecule has 3 rings (SSSR count). The fourth-order valence-corrected chi connectivity index (χ4v) is 2.30. The van der Waals surface area contributed by atoms with Gasteiger partial charge in [0.2, 0.25) is 6.35 Å². The predicted molar refractivity (Wildman–Crippen MR) is 60.4 cm³/mol. The highest BCUT2D eigenvalue weighted by molar-refractivity contribution is 9.10. The van der Waals surface area contributed by atoms with E-state index >= 15 is 0 Å². The fraction of sp³-hybridized carbons (Fsp3) is 0.300. The summed E-state index contributed by atoms with van der Waals surface area (Å²) < 4.78 is 8.25. The highest BCUT2D eigenvalue weighted by Crippen LogP contribution is 2.25. The van der Waals surface area contributed by atoms with Gasteiger partial charge in [0.05, 0.1) is 12.1 Å². The van der Waals surface area contributed by atoms with Crippen LogP contribution in [0.4, 0.5) is 0 Å². The third-order valence-corrected chi connectivity index (χ3v) is 3.07. The largest absolute Gasteiger partial charge is 0.342 e. The average molecular weight is 268 g/mol. The first-order chi connectivity index (χ1) is 7.36. The molecule has 0 spiro atoms. The number of fused-ring (bicyclic) bond motifs is 1. The number of nitrogens with zero attached hydrogens (tertiary/aromatic N) is 2. The van der Waals surface area contributed by atoms with Crippen molar-refractivity contribution >= 4 is 26.8 Å². The van der Waals surface area contributed by atoms with Crippen LogP contribution in [0.25, 0.3) is 10.9 Å². The summed E-state index contributed by atoms with van der Waals surface area (Å²) in [5.41, 5.74) is 1.07. The smallest absolute Gasteiger partial charge is 0.206 e. The van der Waals surface area contributed by atoms with Crippen LogP contribution in [0.1, 0.15) is 6.35 Å². The highest BCUT2D eigenvalue weighted by Gasteiger charge is 2.20. The molecule has 78 valence electrons. The van der Waals surface area contributed by atoms with E-state index in [0.29, 0.717) is 0 Å². The minimum atomic E-state index is -0.138. The van der Waals surface area contributed by atoms with Gasteiger partial charge in [-0.2, -0.15) is 5.10 Å².